The van der Waals surface area contributed by atoms with E-state index in [2.05, 4.69) is 18.3 Å². The first-order valence-corrected chi connectivity index (χ1v) is 7.76. The Kier molecular flexibility index (Phi) is 6.04. The Balaban J connectivity index is 2.21. The van der Waals surface area contributed by atoms with Gasteiger partial charge >= 0.3 is 0 Å². The van der Waals surface area contributed by atoms with Crippen LogP contribution in [0, 0.1) is 5.82 Å². The van der Waals surface area contributed by atoms with Crippen LogP contribution in [0.1, 0.15) is 24.0 Å². The minimum absolute atomic E-state index is 0.157. The topological polar surface area (TPSA) is 12.0 Å². The van der Waals surface area contributed by atoms with E-state index in [0.29, 0.717) is 0 Å². The molecule has 1 nitrogen and oxygen atoms in total. The quantitative estimate of drug-likeness (QED) is 0.782. The van der Waals surface area contributed by atoms with Gasteiger partial charge in [0.1, 0.15) is 5.82 Å². The predicted octanol–water partition coefficient (Wildman–Crippen LogP) is 5.07. The number of hydrogen-bond acceptors (Lipinski definition) is 1. The molecule has 2 aromatic rings. The highest BCUT2D eigenvalue weighted by Gasteiger charge is 2.13. The lowest BCUT2D eigenvalue weighted by molar-refractivity contribution is 0.588. The number of hydrogen-bond donors (Lipinski definition) is 1. The molecule has 0 fully saturated rings. The molecule has 0 aliphatic heterocycles. The highest BCUT2D eigenvalue weighted by molar-refractivity contribution is 6.31. The van der Waals surface area contributed by atoms with Crippen LogP contribution in [0.25, 0.3) is 0 Å². The highest BCUT2D eigenvalue weighted by atomic mass is 35.5. The van der Waals surface area contributed by atoms with Crippen molar-refractivity contribution in [3.8, 4) is 0 Å². The van der Waals surface area contributed by atoms with Gasteiger partial charge in [0.15, 0.2) is 0 Å². The van der Waals surface area contributed by atoms with E-state index in [1.54, 1.807) is 6.07 Å². The number of benzene rings is 2. The summed E-state index contributed by atoms with van der Waals surface area (Å²) < 4.78 is 13.6. The van der Waals surface area contributed by atoms with Crippen molar-refractivity contribution in [3.05, 3.63) is 69.5 Å². The number of likely N-dealkylation sites (N-methyl/N-ethyl adjacent to an activating group) is 1. The molecule has 0 heterocycles. The van der Waals surface area contributed by atoms with Crippen LogP contribution >= 0.6 is 23.2 Å². The summed E-state index contributed by atoms with van der Waals surface area (Å²) in [6.45, 7) is 3.78. The minimum Gasteiger partial charge on any atom is -0.316 e. The van der Waals surface area contributed by atoms with E-state index in [1.165, 1.54) is 6.07 Å². The van der Waals surface area contributed by atoms with E-state index >= 15 is 0 Å². The third kappa shape index (κ3) is 4.70. The molecule has 1 unspecified atom stereocenters. The molecule has 2 aromatic carbocycles. The minimum atomic E-state index is -0.373. The van der Waals surface area contributed by atoms with Gasteiger partial charge in [0, 0.05) is 17.5 Å². The van der Waals surface area contributed by atoms with Crippen LogP contribution in [0.5, 0.6) is 0 Å². The summed E-state index contributed by atoms with van der Waals surface area (Å²) in [5.41, 5.74) is 2.08. The lowest BCUT2D eigenvalue weighted by Gasteiger charge is -2.18. The lowest BCUT2D eigenvalue weighted by atomic mass is 9.92. The standard InChI is InChI=1S/C17H18Cl2FN/c1-2-21-11-14(13-4-3-5-15(18)10-13)8-12-6-7-16(19)17(20)9-12/h3-7,9-10,14,21H,2,8,11H2,1H3. The first-order valence-electron chi connectivity index (χ1n) is 7.00. The normalized spacial score (nSPS) is 12.4. The molecule has 112 valence electrons. The Morgan fingerprint density at radius 2 is 1.95 bits per heavy atom. The third-order valence-corrected chi connectivity index (χ3v) is 3.97. The molecule has 21 heavy (non-hydrogen) atoms. The Morgan fingerprint density at radius 3 is 2.62 bits per heavy atom. The molecule has 0 aliphatic carbocycles. The smallest absolute Gasteiger partial charge is 0.142 e. The van der Waals surface area contributed by atoms with Gasteiger partial charge < -0.3 is 5.32 Å². The van der Waals surface area contributed by atoms with Crippen molar-refractivity contribution in [1.82, 2.24) is 5.32 Å². The van der Waals surface area contributed by atoms with Gasteiger partial charge in [-0.1, -0.05) is 48.3 Å². The van der Waals surface area contributed by atoms with Crippen LogP contribution in [-0.2, 0) is 6.42 Å². The SMILES string of the molecule is CCNCC(Cc1ccc(Cl)c(F)c1)c1cccc(Cl)c1. The molecule has 2 rings (SSSR count). The Hall–Kier alpha value is -1.09. The van der Waals surface area contributed by atoms with Gasteiger partial charge in [0.2, 0.25) is 0 Å². The van der Waals surface area contributed by atoms with E-state index in [0.717, 1.165) is 35.7 Å². The molecule has 1 N–H and O–H groups in total. The fraction of sp³-hybridized carbons (Fsp3) is 0.294. The Bertz CT molecular complexity index is 601. The number of nitrogens with one attached hydrogen (secondary N) is 1. The Labute approximate surface area is 135 Å². The van der Waals surface area contributed by atoms with Crippen LogP contribution in [0.4, 0.5) is 4.39 Å². The summed E-state index contributed by atoms with van der Waals surface area (Å²) in [6.07, 6.45) is 0.738. The largest absolute Gasteiger partial charge is 0.316 e. The van der Waals surface area contributed by atoms with Crippen LogP contribution in [0.2, 0.25) is 10.0 Å². The van der Waals surface area contributed by atoms with Crippen molar-refractivity contribution in [1.29, 1.82) is 0 Å². The van der Waals surface area contributed by atoms with E-state index < -0.39 is 0 Å². The maximum Gasteiger partial charge on any atom is 0.142 e. The van der Waals surface area contributed by atoms with E-state index in [1.807, 2.05) is 24.3 Å². The molecular formula is C17H18Cl2FN. The van der Waals surface area contributed by atoms with Gasteiger partial charge in [-0.25, -0.2) is 4.39 Å². The molecule has 4 heteroatoms. The fourth-order valence-electron chi connectivity index (χ4n) is 2.34. The molecular weight excluding hydrogens is 308 g/mol. The molecule has 0 bridgehead atoms. The maximum atomic E-state index is 13.6. The summed E-state index contributed by atoms with van der Waals surface area (Å²) in [5.74, 6) is -0.133. The molecule has 0 radical (unpaired) electrons. The lowest BCUT2D eigenvalue weighted by Crippen LogP contribution is -2.22. The summed E-state index contributed by atoms with van der Waals surface area (Å²) in [5, 5.41) is 4.23. The highest BCUT2D eigenvalue weighted by Crippen LogP contribution is 2.25. The van der Waals surface area contributed by atoms with Crippen LogP contribution < -0.4 is 5.32 Å². The molecule has 0 aromatic heterocycles. The maximum absolute atomic E-state index is 13.6. The number of rotatable bonds is 6. The molecule has 0 saturated heterocycles. The van der Waals surface area contributed by atoms with Crippen LogP contribution in [0.15, 0.2) is 42.5 Å². The van der Waals surface area contributed by atoms with E-state index in [-0.39, 0.29) is 16.8 Å². The zero-order valence-electron chi connectivity index (χ0n) is 11.9. The third-order valence-electron chi connectivity index (χ3n) is 3.43. The second kappa shape index (κ2) is 7.79. The number of halogens is 3. The zero-order chi connectivity index (χ0) is 15.2. The molecule has 0 spiro atoms. The van der Waals surface area contributed by atoms with Gasteiger partial charge in [-0.15, -0.1) is 0 Å². The summed E-state index contributed by atoms with van der Waals surface area (Å²) >= 11 is 11.8. The van der Waals surface area contributed by atoms with Crippen molar-refractivity contribution in [2.24, 2.45) is 0 Å². The summed E-state index contributed by atoms with van der Waals surface area (Å²) in [6, 6.07) is 12.8. The molecule has 0 saturated carbocycles. The van der Waals surface area contributed by atoms with Crippen LogP contribution in [0.3, 0.4) is 0 Å². The van der Waals surface area contributed by atoms with Crippen LogP contribution in [-0.4, -0.2) is 13.1 Å². The molecule has 1 atom stereocenters. The Morgan fingerprint density at radius 1 is 1.14 bits per heavy atom. The van der Waals surface area contributed by atoms with Crippen molar-refractivity contribution in [3.63, 3.8) is 0 Å². The van der Waals surface area contributed by atoms with Gasteiger partial charge in [-0.05, 0) is 48.4 Å². The van der Waals surface area contributed by atoms with Crippen molar-refractivity contribution >= 4 is 23.2 Å². The fourth-order valence-corrected chi connectivity index (χ4v) is 2.65. The average molecular weight is 326 g/mol. The summed E-state index contributed by atoms with van der Waals surface area (Å²) in [7, 11) is 0. The van der Waals surface area contributed by atoms with Crippen molar-refractivity contribution < 1.29 is 4.39 Å². The monoisotopic (exact) mass is 325 g/mol. The second-order valence-electron chi connectivity index (χ2n) is 5.01. The first-order chi connectivity index (χ1) is 10.1. The predicted molar refractivity (Wildman–Crippen MR) is 87.9 cm³/mol. The first kappa shape index (κ1) is 16.3. The van der Waals surface area contributed by atoms with Crippen molar-refractivity contribution in [2.45, 2.75) is 19.3 Å². The zero-order valence-corrected chi connectivity index (χ0v) is 13.4. The second-order valence-corrected chi connectivity index (χ2v) is 5.86. The van der Waals surface area contributed by atoms with Crippen molar-refractivity contribution in [2.75, 3.05) is 13.1 Å². The van der Waals surface area contributed by atoms with E-state index in [4.69, 9.17) is 23.2 Å². The molecule has 0 amide bonds. The van der Waals surface area contributed by atoms with Gasteiger partial charge in [-0.3, -0.25) is 0 Å². The molecule has 0 aliphatic rings. The summed E-state index contributed by atoms with van der Waals surface area (Å²) in [4.78, 5) is 0. The van der Waals surface area contributed by atoms with Gasteiger partial charge in [-0.2, -0.15) is 0 Å². The average Bonchev–Trinajstić information content (AvgIpc) is 2.47. The van der Waals surface area contributed by atoms with Gasteiger partial charge in [0.25, 0.3) is 0 Å². The van der Waals surface area contributed by atoms with E-state index in [9.17, 15) is 4.39 Å². The van der Waals surface area contributed by atoms with Gasteiger partial charge in [0.05, 0.1) is 5.02 Å².